The van der Waals surface area contributed by atoms with Gasteiger partial charge in [-0.3, -0.25) is 14.3 Å². The molecule has 28 heavy (non-hydrogen) atoms. The van der Waals surface area contributed by atoms with Crippen LogP contribution in [0.5, 0.6) is 0 Å². The van der Waals surface area contributed by atoms with Gasteiger partial charge in [-0.2, -0.15) is 5.10 Å². The van der Waals surface area contributed by atoms with Crippen LogP contribution in [0.15, 0.2) is 41.8 Å². The van der Waals surface area contributed by atoms with E-state index in [1.54, 1.807) is 36.9 Å². The van der Waals surface area contributed by atoms with Crippen LogP contribution in [-0.4, -0.2) is 21.5 Å². The van der Waals surface area contributed by atoms with E-state index in [9.17, 15) is 9.59 Å². The summed E-state index contributed by atoms with van der Waals surface area (Å²) >= 11 is 1.55. The van der Waals surface area contributed by atoms with E-state index in [4.69, 9.17) is 0 Å². The van der Waals surface area contributed by atoms with Gasteiger partial charge in [0.05, 0.1) is 17.3 Å². The number of aryl methyl sites for hydroxylation is 2. The zero-order chi connectivity index (χ0) is 20.4. The van der Waals surface area contributed by atoms with E-state index in [1.165, 1.54) is 5.56 Å². The Morgan fingerprint density at radius 2 is 1.71 bits per heavy atom. The van der Waals surface area contributed by atoms with Crippen molar-refractivity contribution in [2.75, 3.05) is 0 Å². The van der Waals surface area contributed by atoms with Gasteiger partial charge in [0.2, 0.25) is 0 Å². The minimum Gasteiger partial charge on any atom is -0.337 e. The minimum atomic E-state index is -0.620. The molecule has 2 heterocycles. The molecule has 2 aromatic heterocycles. The van der Waals surface area contributed by atoms with Gasteiger partial charge in [0.1, 0.15) is 0 Å². The molecule has 5 nitrogen and oxygen atoms in total. The maximum atomic E-state index is 12.8. The van der Waals surface area contributed by atoms with Crippen molar-refractivity contribution in [2.45, 2.75) is 39.7 Å². The number of nitrogens with zero attached hydrogens (tertiary/aromatic N) is 2. The Morgan fingerprint density at radius 1 is 1.07 bits per heavy atom. The number of hydrogen-bond acceptors (Lipinski definition) is 4. The first-order valence-electron chi connectivity index (χ1n) is 9.28. The van der Waals surface area contributed by atoms with Crippen LogP contribution in [0, 0.1) is 13.8 Å². The summed E-state index contributed by atoms with van der Waals surface area (Å²) in [6.45, 7) is 7.83. The van der Waals surface area contributed by atoms with Crippen molar-refractivity contribution >= 4 is 23.0 Å². The average molecular weight is 396 g/mol. The molecule has 0 aliphatic carbocycles. The zero-order valence-electron chi connectivity index (χ0n) is 16.8. The lowest BCUT2D eigenvalue weighted by Crippen LogP contribution is -2.35. The lowest BCUT2D eigenvalue weighted by molar-refractivity contribution is -0.117. The van der Waals surface area contributed by atoms with Gasteiger partial charge in [-0.05, 0) is 42.3 Å². The Balaban J connectivity index is 1.90. The lowest BCUT2D eigenvalue weighted by atomic mass is 9.98. The van der Waals surface area contributed by atoms with Crippen molar-refractivity contribution in [2.24, 2.45) is 7.05 Å². The standard InChI is InChI=1S/C22H25N3O2S/c1-13(2)16-8-10-17(11-9-16)20(18-7-6-12-28-18)23-22(27)21(26)19-14(3)24-25(5)15(19)4/h6-13,20H,1-5H3,(H,23,27)/t20-/m1/s1. The summed E-state index contributed by atoms with van der Waals surface area (Å²) in [5.41, 5.74) is 3.81. The number of Topliss-reactive ketones (excluding diaryl/α,β-unsaturated/α-hetero) is 1. The first-order valence-corrected chi connectivity index (χ1v) is 10.2. The summed E-state index contributed by atoms with van der Waals surface area (Å²) in [6.07, 6.45) is 0. The van der Waals surface area contributed by atoms with Crippen molar-refractivity contribution in [3.8, 4) is 0 Å². The molecule has 3 rings (SSSR count). The molecule has 0 fully saturated rings. The highest BCUT2D eigenvalue weighted by molar-refractivity contribution is 7.10. The van der Waals surface area contributed by atoms with Gasteiger partial charge < -0.3 is 5.32 Å². The Morgan fingerprint density at radius 3 is 2.21 bits per heavy atom. The normalized spacial score (nSPS) is 12.2. The number of nitrogens with one attached hydrogen (secondary N) is 1. The Bertz CT molecular complexity index is 986. The molecule has 0 saturated carbocycles. The number of ketones is 1. The van der Waals surface area contributed by atoms with Crippen LogP contribution in [0.4, 0.5) is 0 Å². The van der Waals surface area contributed by atoms with Gasteiger partial charge in [-0.15, -0.1) is 11.3 Å². The minimum absolute atomic E-state index is 0.366. The highest BCUT2D eigenvalue weighted by Crippen LogP contribution is 2.28. The van der Waals surface area contributed by atoms with Crippen LogP contribution < -0.4 is 5.32 Å². The van der Waals surface area contributed by atoms with Crippen LogP contribution in [-0.2, 0) is 11.8 Å². The topological polar surface area (TPSA) is 64.0 Å². The third kappa shape index (κ3) is 3.92. The molecule has 0 radical (unpaired) electrons. The molecule has 6 heteroatoms. The van der Waals surface area contributed by atoms with Crippen LogP contribution >= 0.6 is 11.3 Å². The van der Waals surface area contributed by atoms with Gasteiger partial charge in [0, 0.05) is 17.6 Å². The molecule has 1 amide bonds. The second-order valence-corrected chi connectivity index (χ2v) is 8.22. The molecular formula is C22H25N3O2S. The maximum Gasteiger partial charge on any atom is 0.293 e. The first-order chi connectivity index (χ1) is 13.3. The van der Waals surface area contributed by atoms with E-state index < -0.39 is 11.7 Å². The highest BCUT2D eigenvalue weighted by atomic mass is 32.1. The second kappa shape index (κ2) is 8.10. The number of carbonyl (C=O) groups is 2. The summed E-state index contributed by atoms with van der Waals surface area (Å²) in [5.74, 6) is -0.740. The second-order valence-electron chi connectivity index (χ2n) is 7.24. The molecular weight excluding hydrogens is 370 g/mol. The van der Waals surface area contributed by atoms with E-state index in [1.807, 2.05) is 29.6 Å². The zero-order valence-corrected chi connectivity index (χ0v) is 17.6. The number of thiophene rings is 1. The van der Waals surface area contributed by atoms with Crippen LogP contribution in [0.25, 0.3) is 0 Å². The molecule has 0 spiro atoms. The molecule has 1 aromatic carbocycles. The smallest absolute Gasteiger partial charge is 0.293 e. The fraction of sp³-hybridized carbons (Fsp3) is 0.318. The van der Waals surface area contributed by atoms with Crippen LogP contribution in [0.1, 0.15) is 63.6 Å². The molecule has 146 valence electrons. The van der Waals surface area contributed by atoms with Crippen molar-refractivity contribution in [1.82, 2.24) is 15.1 Å². The molecule has 0 saturated heterocycles. The first kappa shape index (κ1) is 20.0. The molecule has 0 aliphatic rings. The van der Waals surface area contributed by atoms with Crippen LogP contribution in [0.3, 0.4) is 0 Å². The quantitative estimate of drug-likeness (QED) is 0.500. The van der Waals surface area contributed by atoms with E-state index in [0.717, 1.165) is 10.4 Å². The molecule has 1 atom stereocenters. The van der Waals surface area contributed by atoms with Gasteiger partial charge >= 0.3 is 0 Å². The fourth-order valence-corrected chi connectivity index (χ4v) is 4.06. The van der Waals surface area contributed by atoms with E-state index in [-0.39, 0.29) is 6.04 Å². The number of amides is 1. The van der Waals surface area contributed by atoms with Crippen molar-refractivity contribution < 1.29 is 9.59 Å². The lowest BCUT2D eigenvalue weighted by Gasteiger charge is -2.18. The largest absolute Gasteiger partial charge is 0.337 e. The molecule has 0 aliphatic heterocycles. The third-order valence-electron chi connectivity index (χ3n) is 4.98. The summed E-state index contributed by atoms with van der Waals surface area (Å²) in [6, 6.07) is 11.7. The summed E-state index contributed by atoms with van der Waals surface area (Å²) in [4.78, 5) is 26.6. The van der Waals surface area contributed by atoms with Crippen molar-refractivity contribution in [1.29, 1.82) is 0 Å². The van der Waals surface area contributed by atoms with Gasteiger partial charge in [0.25, 0.3) is 11.7 Å². The maximum absolute atomic E-state index is 12.8. The number of rotatable bonds is 6. The number of aromatic nitrogens is 2. The summed E-state index contributed by atoms with van der Waals surface area (Å²) < 4.78 is 1.62. The van der Waals surface area contributed by atoms with Crippen molar-refractivity contribution in [3.05, 3.63) is 74.7 Å². The Labute approximate surface area is 169 Å². The highest BCUT2D eigenvalue weighted by Gasteiger charge is 2.27. The van der Waals surface area contributed by atoms with E-state index >= 15 is 0 Å². The van der Waals surface area contributed by atoms with Crippen molar-refractivity contribution in [3.63, 3.8) is 0 Å². The Hall–Kier alpha value is -2.73. The predicted molar refractivity (Wildman–Crippen MR) is 112 cm³/mol. The predicted octanol–water partition coefficient (Wildman–Crippen LogP) is 4.31. The Kier molecular flexibility index (Phi) is 5.79. The SMILES string of the molecule is Cc1nn(C)c(C)c1C(=O)C(=O)N[C@H](c1ccc(C(C)C)cc1)c1cccs1. The monoisotopic (exact) mass is 395 g/mol. The number of hydrogen-bond donors (Lipinski definition) is 1. The van der Waals surface area contributed by atoms with Gasteiger partial charge in [-0.1, -0.05) is 44.2 Å². The van der Waals surface area contributed by atoms with Gasteiger partial charge in [-0.25, -0.2) is 0 Å². The van der Waals surface area contributed by atoms with E-state index in [0.29, 0.717) is 22.9 Å². The third-order valence-corrected chi connectivity index (χ3v) is 5.92. The van der Waals surface area contributed by atoms with E-state index in [2.05, 4.69) is 36.4 Å². The average Bonchev–Trinajstić information content (AvgIpc) is 3.28. The number of benzene rings is 1. The summed E-state index contributed by atoms with van der Waals surface area (Å²) in [5, 5.41) is 9.14. The molecule has 0 unspecified atom stereocenters. The fourth-order valence-electron chi connectivity index (χ4n) is 3.26. The summed E-state index contributed by atoms with van der Waals surface area (Å²) in [7, 11) is 1.77. The number of carbonyl (C=O) groups excluding carboxylic acids is 2. The molecule has 1 N–H and O–H groups in total. The molecule has 0 bridgehead atoms. The van der Waals surface area contributed by atoms with Crippen LogP contribution in [0.2, 0.25) is 0 Å². The van der Waals surface area contributed by atoms with Gasteiger partial charge in [0.15, 0.2) is 0 Å². The molecule has 3 aromatic rings.